The van der Waals surface area contributed by atoms with Crippen molar-refractivity contribution in [3.8, 4) is 0 Å². The number of piperidine rings is 2. The van der Waals surface area contributed by atoms with Gasteiger partial charge in [0.15, 0.2) is 0 Å². The molecule has 2 saturated heterocycles. The number of allylic oxidation sites excluding steroid dienone is 1. The van der Waals surface area contributed by atoms with Gasteiger partial charge < -0.3 is 20.1 Å². The molecule has 2 unspecified atom stereocenters. The van der Waals surface area contributed by atoms with Gasteiger partial charge in [-0.1, -0.05) is 19.3 Å². The number of aliphatic hydroxyl groups is 1. The molecule has 3 N–H and O–H groups in total. The SMILES string of the molecule is CC1=C2C=C3CCC[NH+]4CCCC(=C2OC(O)=C1CNC1CCCCC1)C34. The van der Waals surface area contributed by atoms with Crippen LogP contribution in [0.15, 0.2) is 45.6 Å². The molecular weight excluding hydrogens is 336 g/mol. The van der Waals surface area contributed by atoms with E-state index in [-0.39, 0.29) is 5.95 Å². The van der Waals surface area contributed by atoms with Crippen LogP contribution in [0.25, 0.3) is 0 Å². The lowest BCUT2D eigenvalue weighted by Crippen LogP contribution is -3.17. The third kappa shape index (κ3) is 3.07. The van der Waals surface area contributed by atoms with Gasteiger partial charge in [0, 0.05) is 36.6 Å². The predicted molar refractivity (Wildman–Crippen MR) is 106 cm³/mol. The first kappa shape index (κ1) is 17.6. The van der Waals surface area contributed by atoms with E-state index in [9.17, 15) is 5.11 Å². The first-order chi connectivity index (χ1) is 13.2. The van der Waals surface area contributed by atoms with Crippen molar-refractivity contribution in [1.29, 1.82) is 0 Å². The van der Waals surface area contributed by atoms with E-state index in [1.165, 1.54) is 81.2 Å². The van der Waals surface area contributed by atoms with Crippen LogP contribution in [0.1, 0.15) is 64.7 Å². The van der Waals surface area contributed by atoms with Crippen molar-refractivity contribution in [2.75, 3.05) is 19.6 Å². The molecule has 0 radical (unpaired) electrons. The molecule has 2 aliphatic carbocycles. The monoisotopic (exact) mass is 369 g/mol. The smallest absolute Gasteiger partial charge is 0.287 e. The first-order valence-electron chi connectivity index (χ1n) is 11.1. The Hall–Kier alpha value is -1.52. The standard InChI is InChI=1S/C23H32N2O2/c1-15-19-13-16-7-5-11-25-12-6-10-18(21(16)25)22(19)27-23(26)20(15)14-24-17-8-3-2-4-9-17/h13,17,21,24,26H,2-12,14H2,1H3/p+1. The van der Waals surface area contributed by atoms with Gasteiger partial charge in [0.05, 0.1) is 18.7 Å². The van der Waals surface area contributed by atoms with Crippen LogP contribution in [0, 0.1) is 0 Å². The lowest BCUT2D eigenvalue weighted by molar-refractivity contribution is -0.922. The number of nitrogens with one attached hydrogen (secondary N) is 2. The molecule has 5 rings (SSSR count). The first-order valence-corrected chi connectivity index (χ1v) is 11.1. The summed E-state index contributed by atoms with van der Waals surface area (Å²) >= 11 is 0. The van der Waals surface area contributed by atoms with Gasteiger partial charge >= 0.3 is 0 Å². The number of quaternary nitrogens is 1. The molecule has 0 bridgehead atoms. The zero-order chi connectivity index (χ0) is 18.4. The van der Waals surface area contributed by atoms with E-state index in [1.807, 2.05) is 0 Å². The summed E-state index contributed by atoms with van der Waals surface area (Å²) in [6.07, 6.45) is 13.8. The van der Waals surface area contributed by atoms with Crippen molar-refractivity contribution < 1.29 is 14.7 Å². The lowest BCUT2D eigenvalue weighted by Gasteiger charge is -2.43. The van der Waals surface area contributed by atoms with Gasteiger partial charge in [0.2, 0.25) is 0 Å². The van der Waals surface area contributed by atoms with Crippen LogP contribution < -0.4 is 10.2 Å². The lowest BCUT2D eigenvalue weighted by atomic mass is 9.77. The maximum absolute atomic E-state index is 10.7. The van der Waals surface area contributed by atoms with Gasteiger partial charge in [0.25, 0.3) is 5.95 Å². The Labute approximate surface area is 162 Å². The Morgan fingerprint density at radius 3 is 2.70 bits per heavy atom. The van der Waals surface area contributed by atoms with Crippen molar-refractivity contribution in [3.05, 3.63) is 45.6 Å². The normalized spacial score (nSPS) is 31.4. The Morgan fingerprint density at radius 2 is 1.89 bits per heavy atom. The summed E-state index contributed by atoms with van der Waals surface area (Å²) in [4.78, 5) is 1.70. The maximum Gasteiger partial charge on any atom is 0.287 e. The molecule has 4 nitrogen and oxygen atoms in total. The minimum absolute atomic E-state index is 0.127. The second-order valence-corrected chi connectivity index (χ2v) is 9.01. The molecule has 0 aromatic carbocycles. The minimum Gasteiger partial charge on any atom is -0.480 e. The Kier molecular flexibility index (Phi) is 4.65. The molecule has 1 saturated carbocycles. The second kappa shape index (κ2) is 7.14. The van der Waals surface area contributed by atoms with Crippen LogP contribution >= 0.6 is 0 Å². The highest BCUT2D eigenvalue weighted by atomic mass is 16.6. The van der Waals surface area contributed by atoms with Crippen LogP contribution in [-0.2, 0) is 4.74 Å². The zero-order valence-electron chi connectivity index (χ0n) is 16.6. The Balaban J connectivity index is 1.44. The van der Waals surface area contributed by atoms with Crippen molar-refractivity contribution in [1.82, 2.24) is 5.32 Å². The van der Waals surface area contributed by atoms with Crippen molar-refractivity contribution in [2.45, 2.75) is 76.8 Å². The summed E-state index contributed by atoms with van der Waals surface area (Å²) in [6, 6.07) is 1.09. The van der Waals surface area contributed by atoms with E-state index in [4.69, 9.17) is 4.74 Å². The molecule has 0 spiro atoms. The highest BCUT2D eigenvalue weighted by Crippen LogP contribution is 2.42. The molecule has 0 aromatic rings. The number of ether oxygens (including phenoxy) is 1. The molecule has 27 heavy (non-hydrogen) atoms. The number of aliphatic hydroxyl groups excluding tert-OH is 1. The summed E-state index contributed by atoms with van der Waals surface area (Å²) in [6.45, 7) is 5.42. The molecule has 0 amide bonds. The molecule has 5 aliphatic rings. The van der Waals surface area contributed by atoms with Crippen LogP contribution in [0.3, 0.4) is 0 Å². The summed E-state index contributed by atoms with van der Waals surface area (Å²) in [5.41, 5.74) is 6.42. The third-order valence-corrected chi connectivity index (χ3v) is 7.39. The molecule has 4 heteroatoms. The summed E-state index contributed by atoms with van der Waals surface area (Å²) in [5.74, 6) is 1.10. The highest BCUT2D eigenvalue weighted by molar-refractivity contribution is 5.58. The number of hydrogen-bond donors (Lipinski definition) is 3. The van der Waals surface area contributed by atoms with Gasteiger partial charge in [-0.2, -0.15) is 0 Å². The Morgan fingerprint density at radius 1 is 1.11 bits per heavy atom. The summed E-state index contributed by atoms with van der Waals surface area (Å²) in [5, 5.41) is 14.4. The van der Waals surface area contributed by atoms with Crippen molar-refractivity contribution >= 4 is 0 Å². The van der Waals surface area contributed by atoms with Crippen LogP contribution in [-0.4, -0.2) is 36.8 Å². The van der Waals surface area contributed by atoms with E-state index in [2.05, 4.69) is 18.3 Å². The van der Waals surface area contributed by atoms with Gasteiger partial charge in [-0.3, -0.25) is 0 Å². The topological polar surface area (TPSA) is 45.9 Å². The van der Waals surface area contributed by atoms with E-state index < -0.39 is 0 Å². The van der Waals surface area contributed by atoms with E-state index in [0.29, 0.717) is 18.6 Å². The van der Waals surface area contributed by atoms with Crippen LogP contribution in [0.2, 0.25) is 0 Å². The van der Waals surface area contributed by atoms with Crippen LogP contribution in [0.4, 0.5) is 0 Å². The highest BCUT2D eigenvalue weighted by Gasteiger charge is 2.43. The van der Waals surface area contributed by atoms with Crippen molar-refractivity contribution in [3.63, 3.8) is 0 Å². The fourth-order valence-corrected chi connectivity index (χ4v) is 5.93. The van der Waals surface area contributed by atoms with Crippen LogP contribution in [0.5, 0.6) is 0 Å². The minimum atomic E-state index is 0.127. The van der Waals surface area contributed by atoms with Crippen molar-refractivity contribution in [2.24, 2.45) is 0 Å². The van der Waals surface area contributed by atoms with E-state index in [0.717, 1.165) is 17.8 Å². The summed E-state index contributed by atoms with van der Waals surface area (Å²) < 4.78 is 6.11. The molecule has 3 fully saturated rings. The Bertz CT molecular complexity index is 750. The third-order valence-electron chi connectivity index (χ3n) is 7.39. The number of fused-ring (bicyclic) bond motifs is 1. The van der Waals surface area contributed by atoms with E-state index in [1.54, 1.807) is 10.5 Å². The number of hydrogen-bond acceptors (Lipinski definition) is 3. The molecule has 2 atom stereocenters. The second-order valence-electron chi connectivity index (χ2n) is 9.01. The fraction of sp³-hybridized carbons (Fsp3) is 0.652. The predicted octanol–water partition coefficient (Wildman–Crippen LogP) is 3.06. The van der Waals surface area contributed by atoms with Gasteiger partial charge in [-0.15, -0.1) is 0 Å². The van der Waals surface area contributed by atoms with E-state index >= 15 is 0 Å². The molecular formula is C23H33N2O2+. The molecule has 146 valence electrons. The summed E-state index contributed by atoms with van der Waals surface area (Å²) in [7, 11) is 0. The molecule has 0 aromatic heterocycles. The maximum atomic E-state index is 10.7. The average Bonchev–Trinajstić information content (AvgIpc) is 2.70. The largest absolute Gasteiger partial charge is 0.480 e. The molecule has 3 heterocycles. The quantitative estimate of drug-likeness (QED) is 0.716. The van der Waals surface area contributed by atoms with Gasteiger partial charge in [0.1, 0.15) is 11.8 Å². The zero-order valence-corrected chi connectivity index (χ0v) is 16.6. The number of rotatable bonds is 3. The molecule has 3 aliphatic heterocycles. The average molecular weight is 370 g/mol. The van der Waals surface area contributed by atoms with Gasteiger partial charge in [-0.25, -0.2) is 0 Å². The fourth-order valence-electron chi connectivity index (χ4n) is 5.93. The van der Waals surface area contributed by atoms with Gasteiger partial charge in [-0.05, 0) is 49.8 Å².